The van der Waals surface area contributed by atoms with Crippen molar-refractivity contribution in [1.29, 1.82) is 0 Å². The van der Waals surface area contributed by atoms with Gasteiger partial charge in [-0.25, -0.2) is 12.8 Å². The highest BCUT2D eigenvalue weighted by Gasteiger charge is 2.25. The summed E-state index contributed by atoms with van der Waals surface area (Å²) in [7, 11) is -4.14. The van der Waals surface area contributed by atoms with Crippen LogP contribution in [0.25, 0.3) is 0 Å². The molecule has 2 rings (SSSR count). The van der Waals surface area contributed by atoms with Gasteiger partial charge in [-0.15, -0.1) is 0 Å². The Morgan fingerprint density at radius 2 is 1.86 bits per heavy atom. The van der Waals surface area contributed by atoms with Crippen molar-refractivity contribution in [1.82, 2.24) is 0 Å². The first-order valence-corrected chi connectivity index (χ1v) is 7.32. The molecule has 0 atom stereocenters. The SMILES string of the molecule is Cc1cc(F)ccc1NS(=O)(=O)c1ccccc1[N+](=O)[O-]. The van der Waals surface area contributed by atoms with E-state index in [-0.39, 0.29) is 5.69 Å². The third-order valence-corrected chi connectivity index (χ3v) is 4.20. The van der Waals surface area contributed by atoms with Gasteiger partial charge in [-0.05, 0) is 36.8 Å². The van der Waals surface area contributed by atoms with E-state index in [1.807, 2.05) is 0 Å². The lowest BCUT2D eigenvalue weighted by Gasteiger charge is -2.10. The quantitative estimate of drug-likeness (QED) is 0.694. The first-order chi connectivity index (χ1) is 9.81. The minimum atomic E-state index is -4.14. The van der Waals surface area contributed by atoms with Crippen LogP contribution in [0.3, 0.4) is 0 Å². The van der Waals surface area contributed by atoms with Gasteiger partial charge in [0, 0.05) is 6.07 Å². The number of nitrogens with one attached hydrogen (secondary N) is 1. The number of nitro groups is 1. The fourth-order valence-corrected chi connectivity index (χ4v) is 3.08. The van der Waals surface area contributed by atoms with Crippen LogP contribution >= 0.6 is 0 Å². The monoisotopic (exact) mass is 310 g/mol. The number of sulfonamides is 1. The van der Waals surface area contributed by atoms with Gasteiger partial charge in [0.25, 0.3) is 15.7 Å². The van der Waals surface area contributed by atoms with Crippen molar-refractivity contribution in [3.63, 3.8) is 0 Å². The van der Waals surface area contributed by atoms with Crippen molar-refractivity contribution in [3.05, 3.63) is 64.0 Å². The average Bonchev–Trinajstić information content (AvgIpc) is 2.42. The lowest BCUT2D eigenvalue weighted by Crippen LogP contribution is -2.15. The second kappa shape index (κ2) is 5.49. The molecular formula is C13H11FN2O4S. The lowest BCUT2D eigenvalue weighted by atomic mass is 10.2. The zero-order valence-corrected chi connectivity index (χ0v) is 11.7. The van der Waals surface area contributed by atoms with Crippen molar-refractivity contribution in [3.8, 4) is 0 Å². The van der Waals surface area contributed by atoms with Crippen molar-refractivity contribution < 1.29 is 17.7 Å². The summed E-state index contributed by atoms with van der Waals surface area (Å²) in [5.74, 6) is -0.499. The molecule has 0 aromatic heterocycles. The van der Waals surface area contributed by atoms with E-state index in [1.54, 1.807) is 0 Å². The molecule has 21 heavy (non-hydrogen) atoms. The standard InChI is InChI=1S/C13H11FN2O4S/c1-9-8-10(14)6-7-11(9)15-21(19,20)13-5-3-2-4-12(13)16(17)18/h2-8,15H,1H3. The summed E-state index contributed by atoms with van der Waals surface area (Å²) in [6.07, 6.45) is 0. The Hall–Kier alpha value is -2.48. The van der Waals surface area contributed by atoms with E-state index in [9.17, 15) is 22.9 Å². The molecule has 2 aromatic carbocycles. The van der Waals surface area contributed by atoms with Gasteiger partial charge in [0.15, 0.2) is 4.90 Å². The van der Waals surface area contributed by atoms with Crippen LogP contribution in [0.1, 0.15) is 5.56 Å². The fourth-order valence-electron chi connectivity index (χ4n) is 1.78. The topological polar surface area (TPSA) is 89.3 Å². The number of hydrogen-bond acceptors (Lipinski definition) is 4. The Bertz CT molecular complexity index is 806. The molecule has 0 saturated heterocycles. The Morgan fingerprint density at radius 1 is 1.19 bits per heavy atom. The van der Waals surface area contributed by atoms with E-state index >= 15 is 0 Å². The van der Waals surface area contributed by atoms with Gasteiger partial charge in [0.05, 0.1) is 10.6 Å². The van der Waals surface area contributed by atoms with Crippen molar-refractivity contribution >= 4 is 21.4 Å². The first-order valence-electron chi connectivity index (χ1n) is 5.83. The number of para-hydroxylation sites is 1. The third kappa shape index (κ3) is 3.16. The highest BCUT2D eigenvalue weighted by atomic mass is 32.2. The molecule has 0 fully saturated rings. The highest BCUT2D eigenvalue weighted by Crippen LogP contribution is 2.26. The molecule has 0 radical (unpaired) electrons. The molecule has 6 nitrogen and oxygen atoms in total. The van der Waals surface area contributed by atoms with Crippen molar-refractivity contribution in [2.75, 3.05) is 4.72 Å². The van der Waals surface area contributed by atoms with Gasteiger partial charge in [0.2, 0.25) is 0 Å². The maximum Gasteiger partial charge on any atom is 0.289 e. The molecule has 0 unspecified atom stereocenters. The number of hydrogen-bond donors (Lipinski definition) is 1. The number of benzene rings is 2. The van der Waals surface area contributed by atoms with E-state index in [0.717, 1.165) is 24.3 Å². The van der Waals surface area contributed by atoms with E-state index in [1.165, 1.54) is 25.1 Å². The van der Waals surface area contributed by atoms with Crippen LogP contribution in [0.2, 0.25) is 0 Å². The third-order valence-electron chi connectivity index (χ3n) is 2.78. The summed E-state index contributed by atoms with van der Waals surface area (Å²) in [5.41, 5.74) is 0.0106. The van der Waals surface area contributed by atoms with E-state index < -0.39 is 31.3 Å². The molecule has 0 spiro atoms. The van der Waals surface area contributed by atoms with Crippen molar-refractivity contribution in [2.45, 2.75) is 11.8 Å². The largest absolute Gasteiger partial charge is 0.289 e. The van der Waals surface area contributed by atoms with Crippen LogP contribution in [-0.4, -0.2) is 13.3 Å². The van der Waals surface area contributed by atoms with Crippen molar-refractivity contribution in [2.24, 2.45) is 0 Å². The fraction of sp³-hybridized carbons (Fsp3) is 0.0769. The summed E-state index contributed by atoms with van der Waals surface area (Å²) in [6, 6.07) is 8.53. The lowest BCUT2D eigenvalue weighted by molar-refractivity contribution is -0.387. The average molecular weight is 310 g/mol. The molecule has 2 aromatic rings. The molecule has 110 valence electrons. The molecule has 0 bridgehead atoms. The van der Waals surface area contributed by atoms with Gasteiger partial charge in [-0.1, -0.05) is 12.1 Å². The number of halogens is 1. The maximum absolute atomic E-state index is 13.0. The minimum Gasteiger partial charge on any atom is -0.279 e. The summed E-state index contributed by atoms with van der Waals surface area (Å²) < 4.78 is 39.7. The second-order valence-electron chi connectivity index (χ2n) is 4.29. The molecule has 0 aliphatic carbocycles. The van der Waals surface area contributed by atoms with Crippen LogP contribution in [-0.2, 0) is 10.0 Å². The normalized spacial score (nSPS) is 11.1. The Morgan fingerprint density at radius 3 is 2.48 bits per heavy atom. The Balaban J connectivity index is 2.46. The van der Waals surface area contributed by atoms with Gasteiger partial charge >= 0.3 is 0 Å². The van der Waals surface area contributed by atoms with Crippen LogP contribution in [0, 0.1) is 22.9 Å². The van der Waals surface area contributed by atoms with Crippen LogP contribution < -0.4 is 4.72 Å². The van der Waals surface area contributed by atoms with E-state index in [0.29, 0.717) is 5.56 Å². The molecule has 0 heterocycles. The molecule has 0 aliphatic rings. The summed E-state index contributed by atoms with van der Waals surface area (Å²) in [4.78, 5) is 9.68. The van der Waals surface area contributed by atoms with Gasteiger partial charge in [0.1, 0.15) is 5.82 Å². The van der Waals surface area contributed by atoms with Crippen LogP contribution in [0.4, 0.5) is 15.8 Å². The zero-order valence-electron chi connectivity index (χ0n) is 10.9. The predicted octanol–water partition coefficient (Wildman–Crippen LogP) is 2.84. The number of aryl methyl sites for hydroxylation is 1. The molecular weight excluding hydrogens is 299 g/mol. The zero-order chi connectivity index (χ0) is 15.6. The van der Waals surface area contributed by atoms with Gasteiger partial charge in [-0.3, -0.25) is 14.8 Å². The van der Waals surface area contributed by atoms with Crippen LogP contribution in [0.15, 0.2) is 47.4 Å². The van der Waals surface area contributed by atoms with Gasteiger partial charge in [-0.2, -0.15) is 0 Å². The molecule has 1 N–H and O–H groups in total. The molecule has 0 aliphatic heterocycles. The van der Waals surface area contributed by atoms with E-state index in [2.05, 4.69) is 4.72 Å². The molecule has 8 heteroatoms. The number of rotatable bonds is 4. The van der Waals surface area contributed by atoms with Gasteiger partial charge < -0.3 is 0 Å². The smallest absolute Gasteiger partial charge is 0.279 e. The Labute approximate surface area is 120 Å². The van der Waals surface area contributed by atoms with E-state index in [4.69, 9.17) is 0 Å². The molecule has 0 saturated carbocycles. The molecule has 0 amide bonds. The second-order valence-corrected chi connectivity index (χ2v) is 5.94. The first kappa shape index (κ1) is 14.9. The summed E-state index contributed by atoms with van der Waals surface area (Å²) in [5, 5.41) is 10.9. The van der Waals surface area contributed by atoms with Crippen LogP contribution in [0.5, 0.6) is 0 Å². The number of anilines is 1. The summed E-state index contributed by atoms with van der Waals surface area (Å²) in [6.45, 7) is 1.53. The maximum atomic E-state index is 13.0. The highest BCUT2D eigenvalue weighted by molar-refractivity contribution is 7.92. The number of nitrogens with zero attached hydrogens (tertiary/aromatic N) is 1. The summed E-state index contributed by atoms with van der Waals surface area (Å²) >= 11 is 0. The predicted molar refractivity (Wildman–Crippen MR) is 75.0 cm³/mol. The minimum absolute atomic E-state index is 0.162. The number of nitro benzene ring substituents is 1. The Kier molecular flexibility index (Phi) is 3.90.